The third-order valence-electron chi connectivity index (χ3n) is 5.30. The Balaban J connectivity index is 0.00000187. The third-order valence-corrected chi connectivity index (χ3v) is 5.30. The summed E-state index contributed by atoms with van der Waals surface area (Å²) in [4.78, 5) is 0. The Kier molecular flexibility index (Phi) is 9.47. The minimum Gasteiger partial charge on any atom is -0.206 e. The number of benzene rings is 2. The maximum Gasteiger partial charge on any atom is 0.166 e. The van der Waals surface area contributed by atoms with Gasteiger partial charge in [0.25, 0.3) is 0 Å². The predicted molar refractivity (Wildman–Crippen MR) is 136 cm³/mol. The van der Waals surface area contributed by atoms with Gasteiger partial charge in [-0.25, -0.2) is 13.2 Å². The van der Waals surface area contributed by atoms with E-state index < -0.39 is 17.5 Å². The van der Waals surface area contributed by atoms with Gasteiger partial charge in [0.2, 0.25) is 0 Å². The van der Waals surface area contributed by atoms with Crippen LogP contribution in [0.4, 0.5) is 13.2 Å². The van der Waals surface area contributed by atoms with E-state index in [0.29, 0.717) is 23.1 Å². The fraction of sp³-hybridized carbons (Fsp3) is 0.200. The summed E-state index contributed by atoms with van der Waals surface area (Å²) in [6.45, 7) is 13.2. The Morgan fingerprint density at radius 2 is 1.48 bits per heavy atom. The molecule has 3 rings (SSSR count). The topological polar surface area (TPSA) is 0 Å². The van der Waals surface area contributed by atoms with Crippen LogP contribution in [0.2, 0.25) is 0 Å². The second-order valence-corrected chi connectivity index (χ2v) is 7.62. The number of rotatable bonds is 5. The van der Waals surface area contributed by atoms with E-state index in [4.69, 9.17) is 0 Å². The van der Waals surface area contributed by atoms with Crippen molar-refractivity contribution in [1.29, 1.82) is 0 Å². The molecule has 2 aromatic rings. The van der Waals surface area contributed by atoms with Gasteiger partial charge in [0.05, 0.1) is 0 Å². The first-order valence-electron chi connectivity index (χ1n) is 11.1. The maximum atomic E-state index is 15.1. The standard InChI is InChI=1S/C28H25F3.C2H6/c1-5-18(2)9-12-20(4)23-7-6-8-25(28(31)27(23)30)22-15-16-24(26(29)17-22)21-13-10-19(3)11-14-21;1-2/h5,7-17H,1,6H2,2-4H3;1-2H3/b18-9-,20-12+;. The lowest BCUT2D eigenvalue weighted by molar-refractivity contribution is 0.570. The van der Waals surface area contributed by atoms with E-state index in [-0.39, 0.29) is 11.1 Å². The van der Waals surface area contributed by atoms with Crippen molar-refractivity contribution in [2.24, 2.45) is 0 Å². The van der Waals surface area contributed by atoms with E-state index in [9.17, 15) is 8.78 Å². The molecule has 1 aliphatic carbocycles. The Bertz CT molecular complexity index is 1150. The highest BCUT2D eigenvalue weighted by molar-refractivity contribution is 5.81. The van der Waals surface area contributed by atoms with Gasteiger partial charge in [0.1, 0.15) is 5.82 Å². The van der Waals surface area contributed by atoms with Gasteiger partial charge in [0, 0.05) is 16.7 Å². The third kappa shape index (κ3) is 6.35. The molecule has 0 fully saturated rings. The van der Waals surface area contributed by atoms with Crippen molar-refractivity contribution in [2.45, 2.75) is 41.0 Å². The Labute approximate surface area is 195 Å². The highest BCUT2D eigenvalue weighted by Gasteiger charge is 2.21. The van der Waals surface area contributed by atoms with Crippen LogP contribution in [-0.4, -0.2) is 0 Å². The summed E-state index contributed by atoms with van der Waals surface area (Å²) in [5.74, 6) is -2.40. The zero-order valence-electron chi connectivity index (χ0n) is 20.0. The summed E-state index contributed by atoms with van der Waals surface area (Å²) in [6, 6.07) is 12.0. The molecule has 0 nitrogen and oxygen atoms in total. The molecule has 0 unspecified atom stereocenters. The molecule has 0 aromatic heterocycles. The molecule has 3 heteroatoms. The molecule has 0 amide bonds. The fourth-order valence-corrected chi connectivity index (χ4v) is 3.35. The van der Waals surface area contributed by atoms with Crippen LogP contribution < -0.4 is 0 Å². The van der Waals surface area contributed by atoms with Crippen molar-refractivity contribution in [3.8, 4) is 11.1 Å². The van der Waals surface area contributed by atoms with Gasteiger partial charge in [-0.05, 0) is 50.0 Å². The first kappa shape index (κ1) is 25.9. The second kappa shape index (κ2) is 12.1. The van der Waals surface area contributed by atoms with Crippen LogP contribution in [0, 0.1) is 12.7 Å². The van der Waals surface area contributed by atoms with Crippen LogP contribution in [0.5, 0.6) is 0 Å². The molecular formula is C30H31F3. The smallest absolute Gasteiger partial charge is 0.166 e. The summed E-state index contributed by atoms with van der Waals surface area (Å²) in [5, 5.41) is 0. The first-order valence-corrected chi connectivity index (χ1v) is 11.1. The van der Waals surface area contributed by atoms with Crippen LogP contribution in [0.3, 0.4) is 0 Å². The van der Waals surface area contributed by atoms with Crippen LogP contribution in [0.15, 0.2) is 108 Å². The van der Waals surface area contributed by atoms with E-state index in [0.717, 1.165) is 16.7 Å². The Hall–Kier alpha value is -3.33. The van der Waals surface area contributed by atoms with E-state index in [1.807, 2.05) is 52.0 Å². The van der Waals surface area contributed by atoms with Crippen LogP contribution >= 0.6 is 0 Å². The van der Waals surface area contributed by atoms with Crippen molar-refractivity contribution in [3.05, 3.63) is 125 Å². The van der Waals surface area contributed by atoms with Crippen molar-refractivity contribution >= 4 is 5.57 Å². The molecule has 0 heterocycles. The summed E-state index contributed by atoms with van der Waals surface area (Å²) >= 11 is 0. The second-order valence-electron chi connectivity index (χ2n) is 7.62. The van der Waals surface area contributed by atoms with Crippen LogP contribution in [0.1, 0.15) is 45.2 Å². The van der Waals surface area contributed by atoms with Gasteiger partial charge in [0.15, 0.2) is 11.7 Å². The van der Waals surface area contributed by atoms with E-state index >= 15 is 4.39 Å². The molecule has 0 saturated carbocycles. The molecule has 172 valence electrons. The molecule has 33 heavy (non-hydrogen) atoms. The number of hydrogen-bond donors (Lipinski definition) is 0. The summed E-state index contributed by atoms with van der Waals surface area (Å²) in [7, 11) is 0. The zero-order valence-corrected chi connectivity index (χ0v) is 20.0. The lowest BCUT2D eigenvalue weighted by Crippen LogP contribution is -1.94. The summed E-state index contributed by atoms with van der Waals surface area (Å²) in [5.41, 5.74) is 4.32. The van der Waals surface area contributed by atoms with Crippen molar-refractivity contribution < 1.29 is 13.2 Å². The minimum absolute atomic E-state index is 0.0590. The number of halogens is 3. The van der Waals surface area contributed by atoms with E-state index in [1.54, 1.807) is 49.4 Å². The van der Waals surface area contributed by atoms with Crippen molar-refractivity contribution in [1.82, 2.24) is 0 Å². The van der Waals surface area contributed by atoms with Gasteiger partial charge < -0.3 is 0 Å². The van der Waals surface area contributed by atoms with Crippen LogP contribution in [0.25, 0.3) is 16.7 Å². The minimum atomic E-state index is -0.983. The van der Waals surface area contributed by atoms with Gasteiger partial charge >= 0.3 is 0 Å². The van der Waals surface area contributed by atoms with Gasteiger partial charge in [-0.1, -0.05) is 98.3 Å². The lowest BCUT2D eigenvalue weighted by atomic mass is 9.97. The molecular weight excluding hydrogens is 417 g/mol. The Morgan fingerprint density at radius 1 is 0.848 bits per heavy atom. The van der Waals surface area contributed by atoms with Gasteiger partial charge in [-0.3, -0.25) is 0 Å². The number of hydrogen-bond acceptors (Lipinski definition) is 0. The maximum absolute atomic E-state index is 15.1. The SMILES string of the molecule is C=C/C(C)=C\C=C(/C)C1=CCC=C(c2ccc(-c3ccc(C)cc3)c(F)c2)C(F)=C1F.CC. The largest absolute Gasteiger partial charge is 0.206 e. The number of allylic oxidation sites excluding steroid dienone is 11. The lowest BCUT2D eigenvalue weighted by Gasteiger charge is -2.10. The van der Waals surface area contributed by atoms with E-state index in [1.165, 1.54) is 6.07 Å². The van der Waals surface area contributed by atoms with Gasteiger partial charge in [-0.15, -0.1) is 0 Å². The van der Waals surface area contributed by atoms with Gasteiger partial charge in [-0.2, -0.15) is 0 Å². The molecule has 0 bridgehead atoms. The molecule has 0 atom stereocenters. The van der Waals surface area contributed by atoms with Crippen molar-refractivity contribution in [3.63, 3.8) is 0 Å². The predicted octanol–water partition coefficient (Wildman–Crippen LogP) is 9.77. The monoisotopic (exact) mass is 448 g/mol. The van der Waals surface area contributed by atoms with Crippen molar-refractivity contribution in [2.75, 3.05) is 0 Å². The quantitative estimate of drug-likeness (QED) is 0.399. The molecule has 0 N–H and O–H groups in total. The molecule has 0 radical (unpaired) electrons. The number of aryl methyl sites for hydroxylation is 1. The molecule has 2 aromatic carbocycles. The fourth-order valence-electron chi connectivity index (χ4n) is 3.35. The van der Waals surface area contributed by atoms with E-state index in [2.05, 4.69) is 6.58 Å². The first-order chi connectivity index (χ1) is 15.8. The molecule has 1 aliphatic rings. The summed E-state index contributed by atoms with van der Waals surface area (Å²) in [6.07, 6.45) is 8.78. The average Bonchev–Trinajstić information content (AvgIpc) is 2.97. The summed E-state index contributed by atoms with van der Waals surface area (Å²) < 4.78 is 44.9. The molecule has 0 saturated heterocycles. The van der Waals surface area contributed by atoms with Crippen LogP contribution in [-0.2, 0) is 0 Å². The normalized spacial score (nSPS) is 14.7. The Morgan fingerprint density at radius 3 is 2.09 bits per heavy atom. The zero-order chi connectivity index (χ0) is 24.5. The highest BCUT2D eigenvalue weighted by Crippen LogP contribution is 2.37. The highest BCUT2D eigenvalue weighted by atomic mass is 19.2. The molecule has 0 aliphatic heterocycles. The average molecular weight is 449 g/mol. The molecule has 0 spiro atoms.